The zero-order chi connectivity index (χ0) is 14.5. The van der Waals surface area contributed by atoms with E-state index in [2.05, 4.69) is 6.72 Å². The first kappa shape index (κ1) is 16.6. The van der Waals surface area contributed by atoms with Gasteiger partial charge in [0, 0.05) is 7.05 Å². The molecule has 0 heterocycles. The highest BCUT2D eigenvalue weighted by Gasteiger charge is 2.32. The van der Waals surface area contributed by atoms with Crippen LogP contribution in [0.1, 0.15) is 27.7 Å². The van der Waals surface area contributed by atoms with Crippen molar-refractivity contribution in [3.8, 4) is 0 Å². The van der Waals surface area contributed by atoms with Gasteiger partial charge >= 0.3 is 12.0 Å². The predicted octanol–water partition coefficient (Wildman–Crippen LogP) is 0.474. The molecule has 0 aliphatic carbocycles. The molecular formula is C12H23N2O4+. The maximum absolute atomic E-state index is 11.8. The molecule has 0 aromatic carbocycles. The summed E-state index contributed by atoms with van der Waals surface area (Å²) in [5, 5.41) is 8.73. The highest BCUT2D eigenvalue weighted by Crippen LogP contribution is 2.11. The average Bonchev–Trinajstić information content (AvgIpc) is 2.24. The maximum atomic E-state index is 11.8. The highest BCUT2D eigenvalue weighted by atomic mass is 16.6. The van der Waals surface area contributed by atoms with Gasteiger partial charge in [0.05, 0.1) is 0 Å². The summed E-state index contributed by atoms with van der Waals surface area (Å²) in [4.78, 5) is 24.8. The fourth-order valence-electron chi connectivity index (χ4n) is 1.15. The lowest BCUT2D eigenvalue weighted by Crippen LogP contribution is -2.46. The van der Waals surface area contributed by atoms with Crippen LogP contribution in [-0.2, 0) is 9.53 Å². The van der Waals surface area contributed by atoms with Crippen LogP contribution in [0.2, 0.25) is 0 Å². The van der Waals surface area contributed by atoms with Gasteiger partial charge in [0.25, 0.3) is 0 Å². The van der Waals surface area contributed by atoms with Crippen LogP contribution in [0.15, 0.2) is 0 Å². The molecule has 18 heavy (non-hydrogen) atoms. The predicted molar refractivity (Wildman–Crippen MR) is 67.8 cm³/mol. The minimum Gasteiger partial charge on any atom is -0.444 e. The Morgan fingerprint density at radius 1 is 1.44 bits per heavy atom. The Morgan fingerprint density at radius 3 is 2.33 bits per heavy atom. The molecule has 6 nitrogen and oxygen atoms in total. The zero-order valence-corrected chi connectivity index (χ0v) is 11.8. The van der Waals surface area contributed by atoms with Gasteiger partial charge in [0.2, 0.25) is 0 Å². The second kappa shape index (κ2) is 6.49. The van der Waals surface area contributed by atoms with Gasteiger partial charge in [-0.3, -0.25) is 4.90 Å². The van der Waals surface area contributed by atoms with Gasteiger partial charge < -0.3 is 9.84 Å². The standard InChI is InChI=1S/C12H23N2O4/c1-9(10(16)13(5)7-8-15)14(6)11(17)18-12(2,3)4/h9,15H,5,7-8H2,1-4,6H3/q+1. The molecule has 0 bridgehead atoms. The van der Waals surface area contributed by atoms with Gasteiger partial charge in [-0.25, -0.2) is 9.59 Å². The number of hydrogen-bond donors (Lipinski definition) is 1. The van der Waals surface area contributed by atoms with E-state index in [-0.39, 0.29) is 19.1 Å². The molecule has 1 atom stereocenters. The normalized spacial score (nSPS) is 12.8. The zero-order valence-electron chi connectivity index (χ0n) is 11.8. The lowest BCUT2D eigenvalue weighted by atomic mass is 10.2. The SMILES string of the molecule is C=[N+](CCO)C(=O)C(C)N(C)C(=O)OC(C)(C)C. The lowest BCUT2D eigenvalue weighted by Gasteiger charge is -2.26. The minimum absolute atomic E-state index is 0.130. The second-order valence-electron chi connectivity index (χ2n) is 5.09. The topological polar surface area (TPSA) is 69.9 Å². The molecule has 6 heteroatoms. The van der Waals surface area contributed by atoms with Gasteiger partial charge in [-0.1, -0.05) is 0 Å². The van der Waals surface area contributed by atoms with Crippen LogP contribution in [0.3, 0.4) is 0 Å². The van der Waals surface area contributed by atoms with Crippen LogP contribution in [0.25, 0.3) is 0 Å². The van der Waals surface area contributed by atoms with Gasteiger partial charge in [-0.15, -0.1) is 0 Å². The summed E-state index contributed by atoms with van der Waals surface area (Å²) in [7, 11) is 1.49. The number of aliphatic hydroxyl groups is 1. The Bertz CT molecular complexity index is 333. The van der Waals surface area contributed by atoms with E-state index < -0.39 is 17.7 Å². The van der Waals surface area contributed by atoms with Gasteiger partial charge in [0.1, 0.15) is 18.9 Å². The van der Waals surface area contributed by atoms with E-state index in [1.54, 1.807) is 27.7 Å². The number of rotatable bonds is 4. The molecule has 0 aliphatic heterocycles. The highest BCUT2D eigenvalue weighted by molar-refractivity contribution is 5.80. The summed E-state index contributed by atoms with van der Waals surface area (Å²) in [5.74, 6) is -0.350. The third-order valence-corrected chi connectivity index (χ3v) is 2.30. The van der Waals surface area contributed by atoms with Crippen LogP contribution < -0.4 is 0 Å². The molecule has 0 saturated carbocycles. The van der Waals surface area contributed by atoms with Crippen LogP contribution in [0.4, 0.5) is 4.79 Å². The number of amides is 2. The summed E-state index contributed by atoms with van der Waals surface area (Å²) < 4.78 is 6.29. The quantitative estimate of drug-likeness (QED) is 0.588. The van der Waals surface area contributed by atoms with E-state index in [9.17, 15) is 9.59 Å². The summed E-state index contributed by atoms with van der Waals surface area (Å²) >= 11 is 0. The number of likely N-dealkylation sites (N-methyl/N-ethyl adjacent to an activating group) is 1. The number of nitrogens with zero attached hydrogens (tertiary/aromatic N) is 2. The smallest absolute Gasteiger partial charge is 0.410 e. The average molecular weight is 259 g/mol. The van der Waals surface area contributed by atoms with Crippen molar-refractivity contribution >= 4 is 18.7 Å². The van der Waals surface area contributed by atoms with E-state index in [0.29, 0.717) is 0 Å². The molecule has 0 rings (SSSR count). The second-order valence-corrected chi connectivity index (χ2v) is 5.09. The Balaban J connectivity index is 4.59. The van der Waals surface area contributed by atoms with E-state index in [1.807, 2.05) is 0 Å². The first-order valence-corrected chi connectivity index (χ1v) is 5.78. The molecule has 0 fully saturated rings. The molecular weight excluding hydrogens is 236 g/mol. The number of ether oxygens (including phenoxy) is 1. The Morgan fingerprint density at radius 2 is 1.94 bits per heavy atom. The summed E-state index contributed by atoms with van der Waals surface area (Å²) in [6, 6.07) is -0.691. The van der Waals surface area contributed by atoms with E-state index in [0.717, 1.165) is 4.58 Å². The van der Waals surface area contributed by atoms with Crippen molar-refractivity contribution in [1.29, 1.82) is 0 Å². The summed E-state index contributed by atoms with van der Waals surface area (Å²) in [6.07, 6.45) is -0.569. The molecule has 0 radical (unpaired) electrons. The van der Waals surface area contributed by atoms with Crippen molar-refractivity contribution in [2.45, 2.75) is 39.3 Å². The van der Waals surface area contributed by atoms with Crippen LogP contribution in [0, 0.1) is 0 Å². The van der Waals surface area contributed by atoms with Crippen molar-refractivity contribution in [3.63, 3.8) is 0 Å². The molecule has 0 saturated heterocycles. The van der Waals surface area contributed by atoms with Crippen molar-refractivity contribution in [1.82, 2.24) is 4.90 Å². The van der Waals surface area contributed by atoms with Crippen LogP contribution >= 0.6 is 0 Å². The Labute approximate surface area is 108 Å². The summed E-state index contributed by atoms with van der Waals surface area (Å²) in [5.41, 5.74) is -0.608. The van der Waals surface area contributed by atoms with Crippen molar-refractivity contribution in [2.75, 3.05) is 20.2 Å². The van der Waals surface area contributed by atoms with Crippen LogP contribution in [0.5, 0.6) is 0 Å². The first-order valence-electron chi connectivity index (χ1n) is 5.78. The fraction of sp³-hybridized carbons (Fsp3) is 0.750. The Kier molecular flexibility index (Phi) is 5.97. The molecule has 0 spiro atoms. The van der Waals surface area contributed by atoms with Crippen molar-refractivity contribution < 1.29 is 24.0 Å². The molecule has 2 amide bonds. The van der Waals surface area contributed by atoms with E-state index in [4.69, 9.17) is 9.84 Å². The summed E-state index contributed by atoms with van der Waals surface area (Å²) in [6.45, 7) is 10.3. The number of aliphatic hydroxyl groups excluding tert-OH is 1. The first-order chi connectivity index (χ1) is 8.10. The molecule has 0 aromatic rings. The largest absolute Gasteiger partial charge is 0.444 e. The third kappa shape index (κ3) is 5.27. The monoisotopic (exact) mass is 259 g/mol. The molecule has 1 N–H and O–H groups in total. The van der Waals surface area contributed by atoms with E-state index >= 15 is 0 Å². The minimum atomic E-state index is -0.691. The molecule has 1 unspecified atom stereocenters. The van der Waals surface area contributed by atoms with Gasteiger partial charge in [-0.2, -0.15) is 4.58 Å². The number of hydrogen-bond acceptors (Lipinski definition) is 4. The fourth-order valence-corrected chi connectivity index (χ4v) is 1.15. The Hall–Kier alpha value is -1.43. The molecule has 0 aromatic heterocycles. The molecule has 0 aliphatic rings. The number of carbonyl (C=O) groups is 2. The molecule has 104 valence electrons. The number of carbonyl (C=O) groups excluding carboxylic acids is 2. The van der Waals surface area contributed by atoms with Crippen molar-refractivity contribution in [3.05, 3.63) is 0 Å². The third-order valence-electron chi connectivity index (χ3n) is 2.30. The van der Waals surface area contributed by atoms with Crippen molar-refractivity contribution in [2.24, 2.45) is 0 Å². The van der Waals surface area contributed by atoms with E-state index in [1.165, 1.54) is 11.9 Å². The van der Waals surface area contributed by atoms with Crippen LogP contribution in [-0.4, -0.2) is 65.1 Å². The maximum Gasteiger partial charge on any atom is 0.410 e. The lowest BCUT2D eigenvalue weighted by molar-refractivity contribution is -0.446. The van der Waals surface area contributed by atoms with Gasteiger partial charge in [-0.05, 0) is 27.7 Å². The van der Waals surface area contributed by atoms with Gasteiger partial charge in [0.15, 0.2) is 12.6 Å².